The van der Waals surface area contributed by atoms with Crippen LogP contribution in [-0.2, 0) is 0 Å². The van der Waals surface area contributed by atoms with Gasteiger partial charge in [-0.05, 0) is 50.9 Å². The van der Waals surface area contributed by atoms with Crippen molar-refractivity contribution in [2.24, 2.45) is 0 Å². The predicted molar refractivity (Wildman–Crippen MR) is 102 cm³/mol. The number of rotatable bonds is 3. The highest BCUT2D eigenvalue weighted by atomic mass is 19.1. The summed E-state index contributed by atoms with van der Waals surface area (Å²) in [6.07, 6.45) is 10.2. The Kier molecular flexibility index (Phi) is 5.71. The van der Waals surface area contributed by atoms with E-state index in [1.54, 1.807) is 0 Å². The molecular weight excluding hydrogens is 362 g/mol. The average molecular weight is 388 g/mol. The molecule has 0 spiro atoms. The van der Waals surface area contributed by atoms with E-state index in [4.69, 9.17) is 0 Å². The zero-order chi connectivity index (χ0) is 19.5. The summed E-state index contributed by atoms with van der Waals surface area (Å²) in [5.41, 5.74) is 0.557. The molecule has 4 rings (SSSR count). The van der Waals surface area contributed by atoms with Crippen LogP contribution >= 0.6 is 0 Å². The maximum Gasteiger partial charge on any atom is 0.257 e. The number of nitrogens with zero attached hydrogens (tertiary/aromatic N) is 4. The van der Waals surface area contributed by atoms with Gasteiger partial charge < -0.3 is 4.90 Å². The predicted octanol–water partition coefficient (Wildman–Crippen LogP) is 3.63. The number of benzene rings is 1. The molecule has 0 bridgehead atoms. The first kappa shape index (κ1) is 19.1. The van der Waals surface area contributed by atoms with Crippen molar-refractivity contribution in [1.29, 1.82) is 0 Å². The van der Waals surface area contributed by atoms with E-state index in [0.29, 0.717) is 11.6 Å². The molecule has 28 heavy (non-hydrogen) atoms. The second-order valence-corrected chi connectivity index (χ2v) is 7.77. The van der Waals surface area contributed by atoms with Crippen molar-refractivity contribution in [2.45, 2.75) is 44.6 Å². The quantitative estimate of drug-likeness (QED) is 0.806. The van der Waals surface area contributed by atoms with Crippen LogP contribution in [0, 0.1) is 11.6 Å². The van der Waals surface area contributed by atoms with Gasteiger partial charge in [0.15, 0.2) is 5.82 Å². The minimum Gasteiger partial charge on any atom is -0.337 e. The Labute approximate surface area is 163 Å². The number of carbonyl (C=O) groups is 1. The Morgan fingerprint density at radius 3 is 2.57 bits per heavy atom. The summed E-state index contributed by atoms with van der Waals surface area (Å²) in [6.45, 7) is 3.71. The Morgan fingerprint density at radius 1 is 1.04 bits per heavy atom. The zero-order valence-electron chi connectivity index (χ0n) is 16.0. The minimum absolute atomic E-state index is 0.0757. The van der Waals surface area contributed by atoms with Gasteiger partial charge in [0.2, 0.25) is 0 Å². The smallest absolute Gasteiger partial charge is 0.257 e. The molecule has 0 N–H and O–H groups in total. The Balaban J connectivity index is 1.46. The van der Waals surface area contributed by atoms with E-state index in [-0.39, 0.29) is 11.6 Å². The van der Waals surface area contributed by atoms with Gasteiger partial charge in [-0.1, -0.05) is 12.8 Å². The van der Waals surface area contributed by atoms with Crippen LogP contribution in [0.3, 0.4) is 0 Å². The van der Waals surface area contributed by atoms with E-state index in [2.05, 4.69) is 10.00 Å². The number of piperidine rings is 1. The standard InChI is InChI=1S/C21H26F2N4O/c22-17-7-8-20(19(23)12-17)27-14-16(13-24-27)21(28)26-11-5-6-18(15-26)25-9-3-1-2-4-10-25/h7-8,12-14,18H,1-6,9-11,15H2. The molecular formula is C21H26F2N4O. The molecule has 0 saturated carbocycles. The number of likely N-dealkylation sites (tertiary alicyclic amines) is 2. The van der Waals surface area contributed by atoms with E-state index in [9.17, 15) is 13.6 Å². The summed E-state index contributed by atoms with van der Waals surface area (Å²) in [4.78, 5) is 17.4. The summed E-state index contributed by atoms with van der Waals surface area (Å²) in [7, 11) is 0. The van der Waals surface area contributed by atoms with Gasteiger partial charge in [0.1, 0.15) is 11.5 Å². The molecule has 2 aliphatic rings. The third-order valence-corrected chi connectivity index (χ3v) is 5.83. The Bertz CT molecular complexity index is 830. The first-order valence-corrected chi connectivity index (χ1v) is 10.2. The number of amides is 1. The van der Waals surface area contributed by atoms with E-state index < -0.39 is 11.6 Å². The molecule has 7 heteroatoms. The average Bonchev–Trinajstić information content (AvgIpc) is 3.02. The van der Waals surface area contributed by atoms with Crippen LogP contribution in [0.5, 0.6) is 0 Å². The highest BCUT2D eigenvalue weighted by Crippen LogP contribution is 2.22. The molecule has 0 aliphatic carbocycles. The van der Waals surface area contributed by atoms with E-state index >= 15 is 0 Å². The third kappa shape index (κ3) is 4.09. The van der Waals surface area contributed by atoms with Crippen molar-refractivity contribution in [3.8, 4) is 5.69 Å². The van der Waals surface area contributed by atoms with Crippen LogP contribution in [0.15, 0.2) is 30.6 Å². The van der Waals surface area contributed by atoms with Gasteiger partial charge in [-0.3, -0.25) is 9.69 Å². The lowest BCUT2D eigenvalue weighted by molar-refractivity contribution is 0.0579. The largest absolute Gasteiger partial charge is 0.337 e. The van der Waals surface area contributed by atoms with Crippen molar-refractivity contribution in [3.05, 3.63) is 47.8 Å². The fraction of sp³-hybridized carbons (Fsp3) is 0.524. The third-order valence-electron chi connectivity index (χ3n) is 5.83. The first-order valence-electron chi connectivity index (χ1n) is 10.2. The lowest BCUT2D eigenvalue weighted by atomic mass is 10.0. The highest BCUT2D eigenvalue weighted by Gasteiger charge is 2.29. The van der Waals surface area contributed by atoms with Crippen LogP contribution in [0.1, 0.15) is 48.9 Å². The molecule has 1 atom stereocenters. The molecule has 1 aromatic carbocycles. The van der Waals surface area contributed by atoms with Gasteiger partial charge in [-0.25, -0.2) is 13.5 Å². The van der Waals surface area contributed by atoms with Crippen molar-refractivity contribution in [2.75, 3.05) is 26.2 Å². The maximum absolute atomic E-state index is 14.0. The summed E-state index contributed by atoms with van der Waals surface area (Å²) >= 11 is 0. The van der Waals surface area contributed by atoms with Gasteiger partial charge in [-0.2, -0.15) is 5.10 Å². The minimum atomic E-state index is -0.707. The van der Waals surface area contributed by atoms with Crippen LogP contribution in [0.2, 0.25) is 0 Å². The highest BCUT2D eigenvalue weighted by molar-refractivity contribution is 5.94. The van der Waals surface area contributed by atoms with Crippen molar-refractivity contribution in [1.82, 2.24) is 19.6 Å². The summed E-state index contributed by atoms with van der Waals surface area (Å²) in [6, 6.07) is 3.73. The van der Waals surface area contributed by atoms with Gasteiger partial charge in [-0.15, -0.1) is 0 Å². The molecule has 1 aromatic heterocycles. The topological polar surface area (TPSA) is 41.4 Å². The molecule has 150 valence electrons. The lowest BCUT2D eigenvalue weighted by Crippen LogP contribution is -2.50. The SMILES string of the molecule is O=C(c1cnn(-c2ccc(F)cc2F)c1)N1CCCC(N2CCCCCC2)C1. The summed E-state index contributed by atoms with van der Waals surface area (Å²) in [5, 5.41) is 4.11. The van der Waals surface area contributed by atoms with Gasteiger partial charge in [0.05, 0.1) is 11.8 Å². The fourth-order valence-electron chi connectivity index (χ4n) is 4.31. The van der Waals surface area contributed by atoms with Crippen LogP contribution in [0.25, 0.3) is 5.69 Å². The molecule has 5 nitrogen and oxygen atoms in total. The van der Waals surface area contributed by atoms with Crippen LogP contribution in [0.4, 0.5) is 8.78 Å². The normalized spacial score (nSPS) is 21.5. The van der Waals surface area contributed by atoms with E-state index in [1.165, 1.54) is 54.9 Å². The second-order valence-electron chi connectivity index (χ2n) is 7.77. The fourth-order valence-corrected chi connectivity index (χ4v) is 4.31. The molecule has 2 fully saturated rings. The summed E-state index contributed by atoms with van der Waals surface area (Å²) in [5.74, 6) is -1.42. The molecule has 1 unspecified atom stereocenters. The number of hydrogen-bond donors (Lipinski definition) is 0. The van der Waals surface area contributed by atoms with Crippen LogP contribution in [-0.4, -0.2) is 57.7 Å². The Hall–Kier alpha value is -2.28. The molecule has 3 heterocycles. The van der Waals surface area contributed by atoms with Crippen molar-refractivity contribution in [3.63, 3.8) is 0 Å². The van der Waals surface area contributed by atoms with Gasteiger partial charge in [0.25, 0.3) is 5.91 Å². The number of halogens is 2. The molecule has 2 aliphatic heterocycles. The number of hydrogen-bond acceptors (Lipinski definition) is 3. The molecule has 0 radical (unpaired) electrons. The van der Waals surface area contributed by atoms with Gasteiger partial charge in [0, 0.05) is 31.4 Å². The Morgan fingerprint density at radius 2 is 1.82 bits per heavy atom. The van der Waals surface area contributed by atoms with Crippen molar-refractivity contribution < 1.29 is 13.6 Å². The first-order chi connectivity index (χ1) is 13.6. The zero-order valence-corrected chi connectivity index (χ0v) is 16.0. The van der Waals surface area contributed by atoms with Gasteiger partial charge >= 0.3 is 0 Å². The monoisotopic (exact) mass is 388 g/mol. The lowest BCUT2D eigenvalue weighted by Gasteiger charge is -2.39. The summed E-state index contributed by atoms with van der Waals surface area (Å²) < 4.78 is 28.4. The maximum atomic E-state index is 14.0. The molecule has 1 amide bonds. The van der Waals surface area contributed by atoms with E-state index in [0.717, 1.165) is 45.1 Å². The number of carbonyl (C=O) groups excluding carboxylic acids is 1. The molecule has 2 aromatic rings. The van der Waals surface area contributed by atoms with E-state index in [1.807, 2.05) is 4.90 Å². The van der Waals surface area contributed by atoms with Crippen molar-refractivity contribution >= 4 is 5.91 Å². The number of aromatic nitrogens is 2. The second kappa shape index (κ2) is 8.39. The van der Waals surface area contributed by atoms with Crippen LogP contribution < -0.4 is 0 Å². The molecule has 2 saturated heterocycles.